The van der Waals surface area contributed by atoms with Crippen LogP contribution in [-0.4, -0.2) is 24.0 Å². The van der Waals surface area contributed by atoms with E-state index in [1.807, 2.05) is 0 Å². The van der Waals surface area contributed by atoms with Crippen molar-refractivity contribution in [2.24, 2.45) is 11.7 Å². The fourth-order valence-electron chi connectivity index (χ4n) is 3.08. The van der Waals surface area contributed by atoms with E-state index in [-0.39, 0.29) is 0 Å². The van der Waals surface area contributed by atoms with E-state index in [0.29, 0.717) is 18.0 Å². The summed E-state index contributed by atoms with van der Waals surface area (Å²) < 4.78 is 0. The van der Waals surface area contributed by atoms with Crippen LogP contribution in [0.25, 0.3) is 0 Å². The molecule has 0 radical (unpaired) electrons. The number of benzene rings is 1. The van der Waals surface area contributed by atoms with Gasteiger partial charge in [0, 0.05) is 12.1 Å². The Labute approximate surface area is 111 Å². The molecule has 2 atom stereocenters. The van der Waals surface area contributed by atoms with Crippen molar-refractivity contribution in [3.63, 3.8) is 0 Å². The maximum atomic E-state index is 6.01. The molecule has 1 aromatic carbocycles. The third-order valence-electron chi connectivity index (χ3n) is 4.50. The lowest BCUT2D eigenvalue weighted by Gasteiger charge is -2.37. The van der Waals surface area contributed by atoms with Crippen LogP contribution in [0, 0.1) is 12.8 Å². The summed E-state index contributed by atoms with van der Waals surface area (Å²) in [6.07, 6.45) is 2.49. The van der Waals surface area contributed by atoms with Gasteiger partial charge in [-0.2, -0.15) is 0 Å². The van der Waals surface area contributed by atoms with E-state index in [1.165, 1.54) is 37.1 Å². The summed E-state index contributed by atoms with van der Waals surface area (Å²) in [5.74, 6) is 0.713. The summed E-state index contributed by atoms with van der Waals surface area (Å²) in [4.78, 5) is 2.60. The molecule has 1 saturated heterocycles. The van der Waals surface area contributed by atoms with Gasteiger partial charge in [-0.05, 0) is 63.7 Å². The summed E-state index contributed by atoms with van der Waals surface area (Å²) in [5, 5.41) is 0. The molecule has 100 valence electrons. The molecule has 0 amide bonds. The van der Waals surface area contributed by atoms with Crippen molar-refractivity contribution in [1.29, 1.82) is 0 Å². The highest BCUT2D eigenvalue weighted by Crippen LogP contribution is 2.28. The van der Waals surface area contributed by atoms with Crippen LogP contribution in [0.5, 0.6) is 0 Å². The third kappa shape index (κ3) is 2.93. The standard InChI is InChI=1S/C16H26N2/c1-12-6-4-5-7-16(12)14(3)18-10-8-15(9-11-18)13(2)17/h4-7,13-15H,8-11,17H2,1-3H3. The van der Waals surface area contributed by atoms with E-state index in [9.17, 15) is 0 Å². The van der Waals surface area contributed by atoms with Crippen LogP contribution in [0.2, 0.25) is 0 Å². The first-order chi connectivity index (χ1) is 8.59. The molecule has 2 heteroatoms. The van der Waals surface area contributed by atoms with Crippen LogP contribution in [0.1, 0.15) is 43.9 Å². The minimum absolute atomic E-state index is 0.348. The van der Waals surface area contributed by atoms with Crippen LogP contribution >= 0.6 is 0 Å². The highest BCUT2D eigenvalue weighted by Gasteiger charge is 2.25. The first kappa shape index (κ1) is 13.6. The summed E-state index contributed by atoms with van der Waals surface area (Å²) in [7, 11) is 0. The SMILES string of the molecule is Cc1ccccc1C(C)N1CCC(C(C)N)CC1. The molecule has 0 bridgehead atoms. The fraction of sp³-hybridized carbons (Fsp3) is 0.625. The molecule has 1 aromatic rings. The Morgan fingerprint density at radius 2 is 1.78 bits per heavy atom. The Balaban J connectivity index is 2.00. The zero-order chi connectivity index (χ0) is 13.1. The summed E-state index contributed by atoms with van der Waals surface area (Å²) in [6.45, 7) is 9.05. The van der Waals surface area contributed by atoms with Crippen molar-refractivity contribution in [1.82, 2.24) is 4.90 Å². The van der Waals surface area contributed by atoms with Gasteiger partial charge in [0.15, 0.2) is 0 Å². The lowest BCUT2D eigenvalue weighted by atomic mass is 9.89. The predicted molar refractivity (Wildman–Crippen MR) is 77.5 cm³/mol. The van der Waals surface area contributed by atoms with E-state index in [0.717, 1.165) is 0 Å². The highest BCUT2D eigenvalue weighted by atomic mass is 15.2. The maximum Gasteiger partial charge on any atom is 0.0322 e. The summed E-state index contributed by atoms with van der Waals surface area (Å²) >= 11 is 0. The van der Waals surface area contributed by atoms with Crippen molar-refractivity contribution in [3.8, 4) is 0 Å². The van der Waals surface area contributed by atoms with Crippen LogP contribution in [0.15, 0.2) is 24.3 Å². The molecule has 2 unspecified atom stereocenters. The Bertz CT molecular complexity index is 378. The van der Waals surface area contributed by atoms with Gasteiger partial charge in [-0.15, -0.1) is 0 Å². The Morgan fingerprint density at radius 1 is 1.17 bits per heavy atom. The molecule has 0 aliphatic carbocycles. The van der Waals surface area contributed by atoms with Crippen molar-refractivity contribution >= 4 is 0 Å². The molecule has 2 N–H and O–H groups in total. The fourth-order valence-corrected chi connectivity index (χ4v) is 3.08. The van der Waals surface area contributed by atoms with Gasteiger partial charge in [0.2, 0.25) is 0 Å². The van der Waals surface area contributed by atoms with Crippen LogP contribution < -0.4 is 5.73 Å². The average molecular weight is 246 g/mol. The predicted octanol–water partition coefficient (Wildman–Crippen LogP) is 3.12. The topological polar surface area (TPSA) is 29.3 Å². The number of nitrogens with zero attached hydrogens (tertiary/aromatic N) is 1. The van der Waals surface area contributed by atoms with Crippen molar-refractivity contribution < 1.29 is 0 Å². The highest BCUT2D eigenvalue weighted by molar-refractivity contribution is 5.28. The molecular weight excluding hydrogens is 220 g/mol. The molecule has 18 heavy (non-hydrogen) atoms. The second-order valence-electron chi connectivity index (χ2n) is 5.77. The first-order valence-electron chi connectivity index (χ1n) is 7.14. The Hall–Kier alpha value is -0.860. The molecule has 1 heterocycles. The average Bonchev–Trinajstić information content (AvgIpc) is 2.38. The largest absolute Gasteiger partial charge is 0.328 e. The zero-order valence-corrected chi connectivity index (χ0v) is 11.9. The second kappa shape index (κ2) is 5.85. The van der Waals surface area contributed by atoms with E-state index in [2.05, 4.69) is 49.9 Å². The van der Waals surface area contributed by atoms with Gasteiger partial charge < -0.3 is 5.73 Å². The van der Waals surface area contributed by atoms with Gasteiger partial charge in [-0.25, -0.2) is 0 Å². The first-order valence-corrected chi connectivity index (χ1v) is 7.14. The molecule has 0 saturated carbocycles. The van der Waals surface area contributed by atoms with E-state index < -0.39 is 0 Å². The van der Waals surface area contributed by atoms with Crippen LogP contribution in [-0.2, 0) is 0 Å². The number of hydrogen-bond acceptors (Lipinski definition) is 2. The minimum Gasteiger partial charge on any atom is -0.328 e. The molecule has 1 aliphatic heterocycles. The van der Waals surface area contributed by atoms with Gasteiger partial charge in [0.25, 0.3) is 0 Å². The molecule has 1 aliphatic rings. The molecule has 1 fully saturated rings. The molecule has 0 spiro atoms. The van der Waals surface area contributed by atoms with Crippen molar-refractivity contribution in [2.45, 2.75) is 45.7 Å². The van der Waals surface area contributed by atoms with Gasteiger partial charge in [-0.1, -0.05) is 24.3 Å². The van der Waals surface area contributed by atoms with E-state index >= 15 is 0 Å². The molecular formula is C16H26N2. The van der Waals surface area contributed by atoms with Crippen LogP contribution in [0.3, 0.4) is 0 Å². The third-order valence-corrected chi connectivity index (χ3v) is 4.50. The van der Waals surface area contributed by atoms with E-state index in [1.54, 1.807) is 0 Å². The lowest BCUT2D eigenvalue weighted by molar-refractivity contribution is 0.132. The second-order valence-corrected chi connectivity index (χ2v) is 5.77. The van der Waals surface area contributed by atoms with E-state index in [4.69, 9.17) is 5.73 Å². The van der Waals surface area contributed by atoms with Gasteiger partial charge in [-0.3, -0.25) is 4.90 Å². The number of likely N-dealkylation sites (tertiary alicyclic amines) is 1. The quantitative estimate of drug-likeness (QED) is 0.888. The molecule has 2 rings (SSSR count). The number of piperidine rings is 1. The molecule has 0 aromatic heterocycles. The number of hydrogen-bond donors (Lipinski definition) is 1. The smallest absolute Gasteiger partial charge is 0.0322 e. The van der Waals surface area contributed by atoms with Crippen molar-refractivity contribution in [2.75, 3.05) is 13.1 Å². The maximum absolute atomic E-state index is 6.01. The van der Waals surface area contributed by atoms with Gasteiger partial charge in [0.1, 0.15) is 0 Å². The lowest BCUT2D eigenvalue weighted by Crippen LogP contribution is -2.40. The normalized spacial score (nSPS) is 21.8. The number of nitrogens with two attached hydrogens (primary N) is 1. The number of rotatable bonds is 3. The number of aryl methyl sites for hydroxylation is 1. The summed E-state index contributed by atoms with van der Waals surface area (Å²) in [5.41, 5.74) is 8.88. The summed E-state index contributed by atoms with van der Waals surface area (Å²) in [6, 6.07) is 9.61. The zero-order valence-electron chi connectivity index (χ0n) is 11.9. The molecule has 2 nitrogen and oxygen atoms in total. The van der Waals surface area contributed by atoms with Gasteiger partial charge in [0.05, 0.1) is 0 Å². The Kier molecular flexibility index (Phi) is 4.41. The van der Waals surface area contributed by atoms with Crippen molar-refractivity contribution in [3.05, 3.63) is 35.4 Å². The van der Waals surface area contributed by atoms with Crippen LogP contribution in [0.4, 0.5) is 0 Å². The minimum atomic E-state index is 0.348. The Morgan fingerprint density at radius 3 is 2.33 bits per heavy atom. The van der Waals surface area contributed by atoms with Gasteiger partial charge >= 0.3 is 0 Å². The monoisotopic (exact) mass is 246 g/mol.